The topological polar surface area (TPSA) is 62.3 Å². The van der Waals surface area contributed by atoms with Crippen LogP contribution in [0.4, 0.5) is 10.1 Å². The van der Waals surface area contributed by atoms with Crippen molar-refractivity contribution in [2.75, 3.05) is 4.90 Å². The molecule has 1 heterocycles. The second-order valence-electron chi connectivity index (χ2n) is 8.88. The van der Waals surface area contributed by atoms with Gasteiger partial charge in [-0.15, -0.1) is 0 Å². The van der Waals surface area contributed by atoms with Gasteiger partial charge in [-0.3, -0.25) is 19.5 Å². The van der Waals surface area contributed by atoms with Crippen molar-refractivity contribution in [2.45, 2.75) is 57.5 Å². The number of anilines is 1. The first-order chi connectivity index (χ1) is 16.5. The smallest absolute Gasteiger partial charge is 0.248 e. The zero-order valence-electron chi connectivity index (χ0n) is 19.4. The van der Waals surface area contributed by atoms with E-state index in [0.29, 0.717) is 5.69 Å². The Hall–Kier alpha value is -3.54. The molecule has 4 rings (SSSR count). The Morgan fingerprint density at radius 1 is 1.03 bits per heavy atom. The summed E-state index contributed by atoms with van der Waals surface area (Å²) in [6, 6.07) is 16.1. The number of nitrogens with zero attached hydrogens (tertiary/aromatic N) is 2. The lowest BCUT2D eigenvalue weighted by Gasteiger charge is -2.34. The molecule has 1 aliphatic rings. The number of benzene rings is 2. The van der Waals surface area contributed by atoms with Gasteiger partial charge in [-0.1, -0.05) is 49.6 Å². The molecule has 176 valence electrons. The summed E-state index contributed by atoms with van der Waals surface area (Å²) in [5, 5.41) is 3.19. The van der Waals surface area contributed by atoms with E-state index in [-0.39, 0.29) is 24.3 Å². The maximum absolute atomic E-state index is 14.3. The van der Waals surface area contributed by atoms with Crippen LogP contribution in [0.25, 0.3) is 0 Å². The van der Waals surface area contributed by atoms with Crippen LogP contribution in [0.1, 0.15) is 54.8 Å². The maximum atomic E-state index is 14.3. The van der Waals surface area contributed by atoms with Gasteiger partial charge < -0.3 is 5.32 Å². The number of rotatable bonds is 7. The molecule has 1 N–H and O–H groups in total. The number of pyridine rings is 1. The lowest BCUT2D eigenvalue weighted by Crippen LogP contribution is -2.48. The molecule has 0 bridgehead atoms. The Morgan fingerprint density at radius 3 is 2.47 bits per heavy atom. The molecule has 1 fully saturated rings. The van der Waals surface area contributed by atoms with E-state index in [4.69, 9.17) is 0 Å². The lowest BCUT2D eigenvalue weighted by atomic mass is 9.93. The molecule has 2 amide bonds. The van der Waals surface area contributed by atoms with E-state index < -0.39 is 11.9 Å². The van der Waals surface area contributed by atoms with Gasteiger partial charge in [0.1, 0.15) is 11.9 Å². The van der Waals surface area contributed by atoms with Gasteiger partial charge >= 0.3 is 0 Å². The zero-order valence-corrected chi connectivity index (χ0v) is 19.4. The standard InChI is InChI=1S/C28H30FN3O2/c1-20-8-5-6-13-25(20)27(28(34)31-23-10-3-2-4-11-23)32(24-12-7-9-22(29)19-24)26(33)18-21-14-16-30-17-15-21/h5-9,12-17,19,23,27H,2-4,10-11,18H2,1H3,(H,31,34). The Morgan fingerprint density at radius 2 is 1.76 bits per heavy atom. The van der Waals surface area contributed by atoms with Crippen molar-refractivity contribution in [1.29, 1.82) is 0 Å². The summed E-state index contributed by atoms with van der Waals surface area (Å²) in [4.78, 5) is 33.0. The van der Waals surface area contributed by atoms with Gasteiger partial charge in [0.25, 0.3) is 0 Å². The number of carbonyl (C=O) groups excluding carboxylic acids is 2. The highest BCUT2D eigenvalue weighted by molar-refractivity contribution is 6.02. The summed E-state index contributed by atoms with van der Waals surface area (Å²) in [6.07, 6.45) is 8.51. The van der Waals surface area contributed by atoms with Crippen molar-refractivity contribution < 1.29 is 14.0 Å². The number of hydrogen-bond acceptors (Lipinski definition) is 3. The Labute approximate surface area is 200 Å². The third kappa shape index (κ3) is 5.68. The normalized spacial score (nSPS) is 14.9. The van der Waals surface area contributed by atoms with E-state index in [9.17, 15) is 14.0 Å². The second-order valence-corrected chi connectivity index (χ2v) is 8.88. The number of amides is 2. The summed E-state index contributed by atoms with van der Waals surface area (Å²) in [6.45, 7) is 1.92. The third-order valence-corrected chi connectivity index (χ3v) is 6.40. The predicted octanol–water partition coefficient (Wildman–Crippen LogP) is 5.30. The number of halogens is 1. The quantitative estimate of drug-likeness (QED) is 0.522. The average Bonchev–Trinajstić information content (AvgIpc) is 2.84. The molecule has 0 aliphatic heterocycles. The van der Waals surface area contributed by atoms with Crippen LogP contribution in [-0.2, 0) is 16.0 Å². The van der Waals surface area contributed by atoms with E-state index in [1.807, 2.05) is 31.2 Å². The molecule has 0 radical (unpaired) electrons. The minimum atomic E-state index is -0.917. The van der Waals surface area contributed by atoms with Gasteiger partial charge in [0.05, 0.1) is 6.42 Å². The summed E-state index contributed by atoms with van der Waals surface area (Å²) in [7, 11) is 0. The predicted molar refractivity (Wildman–Crippen MR) is 131 cm³/mol. The molecule has 0 saturated heterocycles. The van der Waals surface area contributed by atoms with E-state index >= 15 is 0 Å². The van der Waals surface area contributed by atoms with Gasteiger partial charge in [0.2, 0.25) is 11.8 Å². The zero-order chi connectivity index (χ0) is 23.9. The van der Waals surface area contributed by atoms with Crippen LogP contribution in [0.2, 0.25) is 0 Å². The molecule has 1 atom stereocenters. The van der Waals surface area contributed by atoms with E-state index in [2.05, 4.69) is 10.3 Å². The van der Waals surface area contributed by atoms with Gasteiger partial charge in [-0.25, -0.2) is 4.39 Å². The minimum Gasteiger partial charge on any atom is -0.351 e. The highest BCUT2D eigenvalue weighted by atomic mass is 19.1. The van der Waals surface area contributed by atoms with Crippen LogP contribution >= 0.6 is 0 Å². The fraction of sp³-hybridized carbons (Fsp3) is 0.321. The molecule has 1 saturated carbocycles. The fourth-order valence-corrected chi connectivity index (χ4v) is 4.64. The molecule has 1 unspecified atom stereocenters. The average molecular weight is 460 g/mol. The number of nitrogens with one attached hydrogen (secondary N) is 1. The van der Waals surface area contributed by atoms with Crippen molar-refractivity contribution in [2.24, 2.45) is 0 Å². The molecule has 3 aromatic rings. The summed E-state index contributed by atoms with van der Waals surface area (Å²) in [5.74, 6) is -0.993. The van der Waals surface area contributed by atoms with Crippen molar-refractivity contribution in [3.8, 4) is 0 Å². The first-order valence-electron chi connectivity index (χ1n) is 11.9. The van der Waals surface area contributed by atoms with E-state index in [0.717, 1.165) is 42.4 Å². The molecule has 1 aliphatic carbocycles. The first kappa shape index (κ1) is 23.6. The van der Waals surface area contributed by atoms with Crippen molar-refractivity contribution in [3.63, 3.8) is 0 Å². The molecule has 2 aromatic carbocycles. The molecule has 6 heteroatoms. The maximum Gasteiger partial charge on any atom is 0.248 e. The number of hydrogen-bond donors (Lipinski definition) is 1. The Kier molecular flexibility index (Phi) is 7.68. The molecule has 34 heavy (non-hydrogen) atoms. The van der Waals surface area contributed by atoms with Crippen LogP contribution in [-0.4, -0.2) is 22.8 Å². The van der Waals surface area contributed by atoms with Gasteiger partial charge in [-0.05, 0) is 66.8 Å². The number of aromatic nitrogens is 1. The van der Waals surface area contributed by atoms with Gasteiger partial charge in [0, 0.05) is 24.1 Å². The Balaban J connectivity index is 1.77. The molecular weight excluding hydrogens is 429 g/mol. The van der Waals surface area contributed by atoms with Crippen LogP contribution in [0.3, 0.4) is 0 Å². The van der Waals surface area contributed by atoms with Crippen LogP contribution in [0.5, 0.6) is 0 Å². The highest BCUT2D eigenvalue weighted by Gasteiger charge is 2.35. The van der Waals surface area contributed by atoms with Crippen LogP contribution < -0.4 is 10.2 Å². The van der Waals surface area contributed by atoms with E-state index in [1.54, 1.807) is 36.7 Å². The van der Waals surface area contributed by atoms with Crippen molar-refractivity contribution in [3.05, 3.63) is 95.6 Å². The largest absolute Gasteiger partial charge is 0.351 e. The number of aryl methyl sites for hydroxylation is 1. The third-order valence-electron chi connectivity index (χ3n) is 6.40. The fourth-order valence-electron chi connectivity index (χ4n) is 4.64. The highest BCUT2D eigenvalue weighted by Crippen LogP contribution is 2.32. The van der Waals surface area contributed by atoms with E-state index in [1.165, 1.54) is 23.5 Å². The monoisotopic (exact) mass is 459 g/mol. The molecule has 5 nitrogen and oxygen atoms in total. The molecular formula is C28H30FN3O2. The van der Waals surface area contributed by atoms with Crippen LogP contribution in [0.15, 0.2) is 73.1 Å². The lowest BCUT2D eigenvalue weighted by molar-refractivity contribution is -0.127. The SMILES string of the molecule is Cc1ccccc1C(C(=O)NC1CCCCC1)N(C(=O)Cc1ccncc1)c1cccc(F)c1. The van der Waals surface area contributed by atoms with Gasteiger partial charge in [0.15, 0.2) is 0 Å². The summed E-state index contributed by atoms with van der Waals surface area (Å²) < 4.78 is 14.3. The van der Waals surface area contributed by atoms with Gasteiger partial charge in [-0.2, -0.15) is 0 Å². The minimum absolute atomic E-state index is 0.0676. The van der Waals surface area contributed by atoms with Crippen molar-refractivity contribution in [1.82, 2.24) is 10.3 Å². The van der Waals surface area contributed by atoms with Crippen LogP contribution in [0, 0.1) is 12.7 Å². The summed E-state index contributed by atoms with van der Waals surface area (Å²) >= 11 is 0. The first-order valence-corrected chi connectivity index (χ1v) is 11.9. The summed E-state index contributed by atoms with van der Waals surface area (Å²) in [5.41, 5.74) is 2.75. The molecule has 1 aromatic heterocycles. The van der Waals surface area contributed by atoms with Crippen molar-refractivity contribution >= 4 is 17.5 Å². The second kappa shape index (κ2) is 11.1. The molecule has 0 spiro atoms. The Bertz CT molecular complexity index is 1130. The number of carbonyl (C=O) groups is 2.